The van der Waals surface area contributed by atoms with Crippen LogP contribution in [0.15, 0.2) is 42.7 Å². The average molecular weight is 479 g/mol. The van der Waals surface area contributed by atoms with Crippen molar-refractivity contribution < 1.29 is 32.6 Å². The van der Waals surface area contributed by atoms with E-state index in [0.717, 1.165) is 41.3 Å². The average Bonchev–Trinajstić information content (AvgIpc) is 3.25. The van der Waals surface area contributed by atoms with E-state index in [2.05, 4.69) is 20.3 Å². The van der Waals surface area contributed by atoms with E-state index >= 15 is 0 Å². The number of carbonyl (C=O) groups excluding carboxylic acids is 1. The molecule has 1 atom stereocenters. The van der Waals surface area contributed by atoms with Gasteiger partial charge in [-0.25, -0.2) is 9.78 Å². The first kappa shape index (κ1) is 25.0. The van der Waals surface area contributed by atoms with Crippen molar-refractivity contribution in [3.8, 4) is 5.75 Å². The van der Waals surface area contributed by atoms with E-state index < -0.39 is 12.1 Å². The molecule has 0 bridgehead atoms. The number of halogens is 3. The number of carboxylic acid groups (broad SMARTS) is 1. The van der Waals surface area contributed by atoms with Gasteiger partial charge in [0.25, 0.3) is 0 Å². The van der Waals surface area contributed by atoms with Gasteiger partial charge in [-0.2, -0.15) is 13.2 Å². The fourth-order valence-corrected chi connectivity index (χ4v) is 3.45. The van der Waals surface area contributed by atoms with Crippen molar-refractivity contribution >= 4 is 22.9 Å². The third-order valence-corrected chi connectivity index (χ3v) is 5.20. The summed E-state index contributed by atoms with van der Waals surface area (Å²) < 4.78 is 37.0. The molecule has 2 aromatic heterocycles. The number of ether oxygens (including phenoxy) is 1. The normalized spacial score (nSPS) is 16.0. The molecule has 0 radical (unpaired) electrons. The van der Waals surface area contributed by atoms with E-state index in [1.165, 1.54) is 0 Å². The molecular weight excluding hydrogens is 455 g/mol. The lowest BCUT2D eigenvalue weighted by Gasteiger charge is -2.34. The number of fused-ring (bicyclic) bond motifs is 1. The number of carboxylic acids is 1. The summed E-state index contributed by atoms with van der Waals surface area (Å²) in [5, 5.41) is 10.6. The molecule has 0 spiro atoms. The number of aliphatic carboxylic acids is 1. The number of amides is 1. The number of piperazine rings is 1. The monoisotopic (exact) mass is 479 g/mol. The molecule has 34 heavy (non-hydrogen) atoms. The molecule has 3 N–H and O–H groups in total. The number of pyridine rings is 1. The lowest BCUT2D eigenvalue weighted by Crippen LogP contribution is -2.48. The second kappa shape index (κ2) is 11.0. The van der Waals surface area contributed by atoms with E-state index in [4.69, 9.17) is 14.6 Å². The number of hydrogen-bond acceptors (Lipinski definition) is 6. The predicted octanol–water partition coefficient (Wildman–Crippen LogP) is 2.71. The zero-order valence-corrected chi connectivity index (χ0v) is 18.3. The van der Waals surface area contributed by atoms with Crippen LogP contribution in [0.5, 0.6) is 5.75 Å². The van der Waals surface area contributed by atoms with Crippen LogP contribution in [0.3, 0.4) is 0 Å². The van der Waals surface area contributed by atoms with Gasteiger partial charge in [0.1, 0.15) is 11.6 Å². The Bertz CT molecular complexity index is 1080. The Morgan fingerprint density at radius 2 is 1.94 bits per heavy atom. The minimum atomic E-state index is -5.08. The van der Waals surface area contributed by atoms with Crippen LogP contribution < -0.4 is 10.1 Å². The third-order valence-electron chi connectivity index (χ3n) is 5.20. The van der Waals surface area contributed by atoms with Crippen LogP contribution in [0.25, 0.3) is 11.0 Å². The van der Waals surface area contributed by atoms with Crippen LogP contribution in [0.1, 0.15) is 23.9 Å². The molecule has 3 aromatic rings. The van der Waals surface area contributed by atoms with Gasteiger partial charge >= 0.3 is 12.1 Å². The number of nitrogens with zero attached hydrogens (tertiary/aromatic N) is 3. The van der Waals surface area contributed by atoms with Crippen LogP contribution in [0.2, 0.25) is 0 Å². The highest BCUT2D eigenvalue weighted by atomic mass is 19.4. The molecule has 1 aliphatic heterocycles. The SMILES string of the molecule is COc1ccc(C2CN(C(=O)CCc3nc4ccncc4[nH]3)CCN2)cc1.O=C(O)C(F)(F)F. The van der Waals surface area contributed by atoms with E-state index in [9.17, 15) is 18.0 Å². The Morgan fingerprint density at radius 3 is 2.56 bits per heavy atom. The summed E-state index contributed by atoms with van der Waals surface area (Å²) >= 11 is 0. The molecule has 1 unspecified atom stereocenters. The summed E-state index contributed by atoms with van der Waals surface area (Å²) in [4.78, 5) is 35.4. The Hall–Kier alpha value is -3.67. The first-order chi connectivity index (χ1) is 16.2. The highest BCUT2D eigenvalue weighted by Gasteiger charge is 2.38. The molecular formula is C22H24F3N5O4. The van der Waals surface area contributed by atoms with E-state index in [1.807, 2.05) is 35.2 Å². The van der Waals surface area contributed by atoms with Crippen LogP contribution in [-0.4, -0.2) is 69.8 Å². The fraction of sp³-hybridized carbons (Fsp3) is 0.364. The summed E-state index contributed by atoms with van der Waals surface area (Å²) in [5.74, 6) is -0.933. The molecule has 1 saturated heterocycles. The van der Waals surface area contributed by atoms with Gasteiger partial charge in [0, 0.05) is 44.7 Å². The number of methoxy groups -OCH3 is 1. The van der Waals surface area contributed by atoms with Crippen molar-refractivity contribution in [1.82, 2.24) is 25.2 Å². The molecule has 0 saturated carbocycles. The van der Waals surface area contributed by atoms with Gasteiger partial charge in [0.05, 0.1) is 24.3 Å². The van der Waals surface area contributed by atoms with Crippen molar-refractivity contribution in [2.24, 2.45) is 0 Å². The number of aromatic amines is 1. The Labute approximate surface area is 193 Å². The lowest BCUT2D eigenvalue weighted by atomic mass is 10.0. The smallest absolute Gasteiger partial charge is 0.490 e. The molecule has 1 amide bonds. The van der Waals surface area contributed by atoms with E-state index in [-0.39, 0.29) is 11.9 Å². The number of alkyl halides is 3. The molecule has 1 aliphatic rings. The van der Waals surface area contributed by atoms with Crippen LogP contribution in [0.4, 0.5) is 13.2 Å². The summed E-state index contributed by atoms with van der Waals surface area (Å²) in [6.45, 7) is 2.20. The fourth-order valence-electron chi connectivity index (χ4n) is 3.45. The number of rotatable bonds is 5. The largest absolute Gasteiger partial charge is 0.497 e. The van der Waals surface area contributed by atoms with Crippen LogP contribution >= 0.6 is 0 Å². The maximum absolute atomic E-state index is 12.7. The number of carbonyl (C=O) groups is 2. The molecule has 1 aromatic carbocycles. The Morgan fingerprint density at radius 1 is 1.24 bits per heavy atom. The number of hydrogen-bond donors (Lipinski definition) is 3. The van der Waals surface area contributed by atoms with Gasteiger partial charge in [-0.3, -0.25) is 9.78 Å². The standard InChI is InChI=1S/C20H23N5O2.C2HF3O2/c1-27-15-4-2-14(3-5-15)18-13-25(11-10-22-18)20(26)7-6-19-23-16-8-9-21-12-17(16)24-19;3-2(4,5)1(6)7/h2-5,8-9,12,18,22H,6-7,10-11,13H2,1H3,(H,23,24);(H,6,7). The number of nitrogens with one attached hydrogen (secondary N) is 2. The first-order valence-corrected chi connectivity index (χ1v) is 10.4. The van der Waals surface area contributed by atoms with Crippen molar-refractivity contribution in [3.05, 3.63) is 54.1 Å². The van der Waals surface area contributed by atoms with Gasteiger partial charge in [0.2, 0.25) is 5.91 Å². The molecule has 12 heteroatoms. The van der Waals surface area contributed by atoms with E-state index in [1.54, 1.807) is 19.5 Å². The second-order valence-electron chi connectivity index (χ2n) is 7.50. The number of aromatic nitrogens is 3. The van der Waals surface area contributed by atoms with E-state index in [0.29, 0.717) is 19.4 Å². The summed E-state index contributed by atoms with van der Waals surface area (Å²) in [5.41, 5.74) is 2.95. The van der Waals surface area contributed by atoms with Crippen molar-refractivity contribution in [2.45, 2.75) is 25.1 Å². The first-order valence-electron chi connectivity index (χ1n) is 10.4. The van der Waals surface area contributed by atoms with Gasteiger partial charge in [0.15, 0.2) is 0 Å². The number of benzene rings is 1. The molecule has 0 aliphatic carbocycles. The minimum Gasteiger partial charge on any atom is -0.497 e. The van der Waals surface area contributed by atoms with Gasteiger partial charge in [-0.15, -0.1) is 0 Å². The number of H-pyrrole nitrogens is 1. The molecule has 182 valence electrons. The summed E-state index contributed by atoms with van der Waals surface area (Å²) in [6, 6.07) is 10.0. The topological polar surface area (TPSA) is 120 Å². The zero-order valence-electron chi connectivity index (χ0n) is 18.3. The number of imidazole rings is 1. The predicted molar refractivity (Wildman–Crippen MR) is 116 cm³/mol. The van der Waals surface area contributed by atoms with Crippen LogP contribution in [0, 0.1) is 0 Å². The van der Waals surface area contributed by atoms with Gasteiger partial charge < -0.3 is 25.0 Å². The highest BCUT2D eigenvalue weighted by Crippen LogP contribution is 2.21. The van der Waals surface area contributed by atoms with Gasteiger partial charge in [-0.1, -0.05) is 12.1 Å². The summed E-state index contributed by atoms with van der Waals surface area (Å²) in [7, 11) is 1.66. The minimum absolute atomic E-state index is 0.144. The maximum Gasteiger partial charge on any atom is 0.490 e. The quantitative estimate of drug-likeness (QED) is 0.515. The van der Waals surface area contributed by atoms with Crippen molar-refractivity contribution in [1.29, 1.82) is 0 Å². The van der Waals surface area contributed by atoms with Crippen LogP contribution in [-0.2, 0) is 16.0 Å². The molecule has 9 nitrogen and oxygen atoms in total. The Kier molecular flexibility index (Phi) is 8.05. The van der Waals surface area contributed by atoms with Crippen molar-refractivity contribution in [3.63, 3.8) is 0 Å². The third kappa shape index (κ3) is 6.67. The zero-order chi connectivity index (χ0) is 24.7. The number of aryl methyl sites for hydroxylation is 1. The molecule has 4 rings (SSSR count). The summed E-state index contributed by atoms with van der Waals surface area (Å²) in [6.07, 6.45) is -0.561. The second-order valence-corrected chi connectivity index (χ2v) is 7.50. The Balaban J connectivity index is 0.000000406. The van der Waals surface area contributed by atoms with Crippen molar-refractivity contribution in [2.75, 3.05) is 26.7 Å². The molecule has 3 heterocycles. The van der Waals surface area contributed by atoms with Gasteiger partial charge in [-0.05, 0) is 23.8 Å². The maximum atomic E-state index is 12.7. The lowest BCUT2D eigenvalue weighted by molar-refractivity contribution is -0.192. The highest BCUT2D eigenvalue weighted by molar-refractivity contribution is 5.77. The molecule has 1 fully saturated rings.